The van der Waals surface area contributed by atoms with Crippen molar-refractivity contribution in [1.29, 1.82) is 0 Å². The molecule has 0 aliphatic heterocycles. The molecule has 5 heteroatoms. The van der Waals surface area contributed by atoms with Gasteiger partial charge in [-0.25, -0.2) is 9.97 Å². The average molecular weight is 394 g/mol. The molecule has 1 aromatic carbocycles. The zero-order chi connectivity index (χ0) is 13.9. The molecule has 0 fully saturated rings. The molecular formula is C15H9ClIN3. The van der Waals surface area contributed by atoms with Crippen molar-refractivity contribution in [3.8, 4) is 22.8 Å². The number of pyridine rings is 1. The number of benzene rings is 1. The Kier molecular flexibility index (Phi) is 3.93. The highest BCUT2D eigenvalue weighted by Gasteiger charge is 2.13. The predicted molar refractivity (Wildman–Crippen MR) is 88.4 cm³/mol. The fourth-order valence-electron chi connectivity index (χ4n) is 1.82. The lowest BCUT2D eigenvalue weighted by molar-refractivity contribution is 1.13. The van der Waals surface area contributed by atoms with Crippen LogP contribution in [-0.4, -0.2) is 15.0 Å². The Morgan fingerprint density at radius 1 is 0.900 bits per heavy atom. The molecule has 2 heterocycles. The molecule has 0 spiro atoms. The molecule has 3 aromatic rings. The SMILES string of the molecule is Clc1nc(-c2ccccn2)nc(-c2ccccc2)c1I. The van der Waals surface area contributed by atoms with Crippen molar-refractivity contribution in [3.05, 3.63) is 63.5 Å². The van der Waals surface area contributed by atoms with Crippen LogP contribution in [0.4, 0.5) is 0 Å². The van der Waals surface area contributed by atoms with E-state index in [-0.39, 0.29) is 0 Å². The van der Waals surface area contributed by atoms with Crippen LogP contribution in [0, 0.1) is 3.57 Å². The molecular weight excluding hydrogens is 385 g/mol. The van der Waals surface area contributed by atoms with E-state index < -0.39 is 0 Å². The minimum atomic E-state index is 0.445. The highest BCUT2D eigenvalue weighted by atomic mass is 127. The largest absolute Gasteiger partial charge is 0.253 e. The van der Waals surface area contributed by atoms with Gasteiger partial charge in [-0.2, -0.15) is 0 Å². The van der Waals surface area contributed by atoms with E-state index in [0.717, 1.165) is 14.8 Å². The summed E-state index contributed by atoms with van der Waals surface area (Å²) in [6, 6.07) is 15.6. The third kappa shape index (κ3) is 2.66. The molecule has 0 radical (unpaired) electrons. The lowest BCUT2D eigenvalue weighted by atomic mass is 10.1. The maximum Gasteiger partial charge on any atom is 0.180 e. The second-order valence-corrected chi connectivity index (χ2v) is 5.52. The summed E-state index contributed by atoms with van der Waals surface area (Å²) in [5.41, 5.74) is 2.55. The fourth-order valence-corrected chi connectivity index (χ4v) is 2.54. The minimum Gasteiger partial charge on any atom is -0.253 e. The number of halogens is 2. The van der Waals surface area contributed by atoms with Crippen molar-refractivity contribution < 1.29 is 0 Å². The summed E-state index contributed by atoms with van der Waals surface area (Å²) in [5, 5.41) is 0.445. The average Bonchev–Trinajstić information content (AvgIpc) is 2.51. The summed E-state index contributed by atoms with van der Waals surface area (Å²) in [4.78, 5) is 13.2. The highest BCUT2D eigenvalue weighted by molar-refractivity contribution is 14.1. The van der Waals surface area contributed by atoms with Crippen LogP contribution in [-0.2, 0) is 0 Å². The van der Waals surface area contributed by atoms with Gasteiger partial charge in [0, 0.05) is 11.8 Å². The molecule has 0 N–H and O–H groups in total. The summed E-state index contributed by atoms with van der Waals surface area (Å²) in [6.07, 6.45) is 1.72. The molecule has 0 saturated heterocycles. The summed E-state index contributed by atoms with van der Waals surface area (Å²) in [7, 11) is 0. The van der Waals surface area contributed by atoms with Crippen LogP contribution in [0.3, 0.4) is 0 Å². The van der Waals surface area contributed by atoms with Gasteiger partial charge in [0.1, 0.15) is 10.8 Å². The van der Waals surface area contributed by atoms with E-state index in [9.17, 15) is 0 Å². The van der Waals surface area contributed by atoms with Crippen molar-refractivity contribution in [3.63, 3.8) is 0 Å². The quantitative estimate of drug-likeness (QED) is 0.476. The Morgan fingerprint density at radius 2 is 1.65 bits per heavy atom. The van der Waals surface area contributed by atoms with Crippen LogP contribution in [0.1, 0.15) is 0 Å². The number of rotatable bonds is 2. The number of hydrogen-bond acceptors (Lipinski definition) is 3. The van der Waals surface area contributed by atoms with Crippen LogP contribution in [0.5, 0.6) is 0 Å². The van der Waals surface area contributed by atoms with Gasteiger partial charge in [0.15, 0.2) is 5.82 Å². The third-order valence-electron chi connectivity index (χ3n) is 2.75. The molecule has 0 saturated carbocycles. The normalized spacial score (nSPS) is 10.5. The van der Waals surface area contributed by atoms with Crippen LogP contribution in [0.2, 0.25) is 5.15 Å². The van der Waals surface area contributed by atoms with Crippen molar-refractivity contribution in [2.45, 2.75) is 0 Å². The van der Waals surface area contributed by atoms with E-state index in [4.69, 9.17) is 11.6 Å². The molecule has 20 heavy (non-hydrogen) atoms. The van der Waals surface area contributed by atoms with Gasteiger partial charge in [-0.3, -0.25) is 4.98 Å². The third-order valence-corrected chi connectivity index (χ3v) is 4.37. The molecule has 0 atom stereocenters. The van der Waals surface area contributed by atoms with E-state index in [2.05, 4.69) is 37.5 Å². The van der Waals surface area contributed by atoms with E-state index in [1.165, 1.54) is 0 Å². The minimum absolute atomic E-state index is 0.445. The number of hydrogen-bond donors (Lipinski definition) is 0. The van der Waals surface area contributed by atoms with Crippen molar-refractivity contribution in [2.75, 3.05) is 0 Å². The second-order valence-electron chi connectivity index (χ2n) is 4.08. The summed E-state index contributed by atoms with van der Waals surface area (Å²) < 4.78 is 0.843. The topological polar surface area (TPSA) is 38.7 Å². The first-order chi connectivity index (χ1) is 9.75. The fraction of sp³-hybridized carbons (Fsp3) is 0. The monoisotopic (exact) mass is 393 g/mol. The van der Waals surface area contributed by atoms with E-state index in [1.54, 1.807) is 6.20 Å². The van der Waals surface area contributed by atoms with E-state index >= 15 is 0 Å². The molecule has 98 valence electrons. The standard InChI is InChI=1S/C15H9ClIN3/c16-14-12(17)13(10-6-2-1-3-7-10)19-15(20-14)11-8-4-5-9-18-11/h1-9H. The van der Waals surface area contributed by atoms with Gasteiger partial charge < -0.3 is 0 Å². The van der Waals surface area contributed by atoms with Crippen LogP contribution in [0.25, 0.3) is 22.8 Å². The Hall–Kier alpha value is -1.53. The smallest absolute Gasteiger partial charge is 0.180 e. The summed E-state index contributed by atoms with van der Waals surface area (Å²) >= 11 is 8.40. The molecule has 0 aliphatic carbocycles. The predicted octanol–water partition coefficient (Wildman–Crippen LogP) is 4.46. The van der Waals surface area contributed by atoms with Gasteiger partial charge in [-0.1, -0.05) is 48.0 Å². The van der Waals surface area contributed by atoms with Crippen LogP contribution < -0.4 is 0 Å². The molecule has 0 amide bonds. The van der Waals surface area contributed by atoms with Gasteiger partial charge in [-0.05, 0) is 34.7 Å². The van der Waals surface area contributed by atoms with Crippen LogP contribution >= 0.6 is 34.2 Å². The van der Waals surface area contributed by atoms with Gasteiger partial charge in [-0.15, -0.1) is 0 Å². The molecule has 3 nitrogen and oxygen atoms in total. The zero-order valence-corrected chi connectivity index (χ0v) is 13.2. The molecule has 0 bridgehead atoms. The maximum absolute atomic E-state index is 6.23. The Labute approximate surface area is 135 Å². The maximum atomic E-state index is 6.23. The highest BCUT2D eigenvalue weighted by Crippen LogP contribution is 2.29. The Bertz CT molecular complexity index is 733. The van der Waals surface area contributed by atoms with Gasteiger partial charge in [0.2, 0.25) is 0 Å². The lowest BCUT2D eigenvalue weighted by Crippen LogP contribution is -1.98. The first-order valence-electron chi connectivity index (χ1n) is 5.95. The molecule has 0 unspecified atom stereocenters. The molecule has 2 aromatic heterocycles. The number of aromatic nitrogens is 3. The molecule has 3 rings (SSSR count). The number of nitrogens with zero attached hydrogens (tertiary/aromatic N) is 3. The van der Waals surface area contributed by atoms with E-state index in [1.807, 2.05) is 48.5 Å². The Balaban J connectivity index is 2.19. The second kappa shape index (κ2) is 5.85. The lowest BCUT2D eigenvalue weighted by Gasteiger charge is -2.08. The Morgan fingerprint density at radius 3 is 2.35 bits per heavy atom. The van der Waals surface area contributed by atoms with E-state index in [0.29, 0.717) is 16.7 Å². The zero-order valence-electron chi connectivity index (χ0n) is 10.3. The first kappa shape index (κ1) is 13.5. The first-order valence-corrected chi connectivity index (χ1v) is 7.41. The summed E-state index contributed by atoms with van der Waals surface area (Å²) in [5.74, 6) is 0.537. The summed E-state index contributed by atoms with van der Waals surface area (Å²) in [6.45, 7) is 0. The van der Waals surface area contributed by atoms with Gasteiger partial charge >= 0.3 is 0 Å². The van der Waals surface area contributed by atoms with Crippen molar-refractivity contribution in [2.24, 2.45) is 0 Å². The van der Waals surface area contributed by atoms with Crippen molar-refractivity contribution in [1.82, 2.24) is 15.0 Å². The van der Waals surface area contributed by atoms with Crippen molar-refractivity contribution >= 4 is 34.2 Å². The van der Waals surface area contributed by atoms with Gasteiger partial charge in [0.05, 0.1) is 9.26 Å². The molecule has 0 aliphatic rings. The van der Waals surface area contributed by atoms with Gasteiger partial charge in [0.25, 0.3) is 0 Å². The van der Waals surface area contributed by atoms with Crippen LogP contribution in [0.15, 0.2) is 54.7 Å².